The molecule has 0 aliphatic rings. The first-order valence-electron chi connectivity index (χ1n) is 4.54. The van der Waals surface area contributed by atoms with Crippen LogP contribution in [0.15, 0.2) is 28.7 Å². The largest absolute Gasteiger partial charge is 0.441 e. The van der Waals surface area contributed by atoms with E-state index in [1.807, 2.05) is 0 Å². The van der Waals surface area contributed by atoms with Gasteiger partial charge in [-0.1, -0.05) is 0 Å². The lowest BCUT2D eigenvalue weighted by Crippen LogP contribution is -1.85. The van der Waals surface area contributed by atoms with Gasteiger partial charge in [-0.3, -0.25) is 0 Å². The molecule has 0 amide bonds. The summed E-state index contributed by atoms with van der Waals surface area (Å²) < 4.78 is 18.0. The van der Waals surface area contributed by atoms with Crippen LogP contribution in [0.5, 0.6) is 0 Å². The van der Waals surface area contributed by atoms with Gasteiger partial charge in [0.25, 0.3) is 0 Å². The lowest BCUT2D eigenvalue weighted by atomic mass is 10.2. The Morgan fingerprint density at radius 3 is 2.53 bits per heavy atom. The zero-order chi connectivity index (χ0) is 10.8. The van der Waals surface area contributed by atoms with E-state index in [4.69, 9.17) is 9.52 Å². The third kappa shape index (κ3) is 1.89. The molecule has 78 valence electrons. The van der Waals surface area contributed by atoms with E-state index in [1.54, 1.807) is 19.1 Å². The Balaban J connectivity index is 2.41. The smallest absolute Gasteiger partial charge is 0.226 e. The zero-order valence-corrected chi connectivity index (χ0v) is 8.20. The van der Waals surface area contributed by atoms with Crippen LogP contribution in [0.25, 0.3) is 11.5 Å². The standard InChI is InChI=1S/C11H10FNO2/c1-7-10(6-14)13-11(15-7)8-2-4-9(12)5-3-8/h2-5,14H,6H2,1H3. The predicted octanol–water partition coefficient (Wildman–Crippen LogP) is 2.28. The summed E-state index contributed by atoms with van der Waals surface area (Å²) in [6.45, 7) is 1.57. The first-order chi connectivity index (χ1) is 7.20. The van der Waals surface area contributed by atoms with E-state index >= 15 is 0 Å². The maximum atomic E-state index is 12.7. The van der Waals surface area contributed by atoms with Crippen LogP contribution in [-0.2, 0) is 6.61 Å². The number of oxazole rings is 1. The third-order valence-electron chi connectivity index (χ3n) is 2.13. The Labute approximate surface area is 86.2 Å². The minimum Gasteiger partial charge on any atom is -0.441 e. The first kappa shape index (κ1) is 9.86. The van der Waals surface area contributed by atoms with Crippen molar-refractivity contribution < 1.29 is 13.9 Å². The van der Waals surface area contributed by atoms with Crippen LogP contribution < -0.4 is 0 Å². The van der Waals surface area contributed by atoms with E-state index in [-0.39, 0.29) is 12.4 Å². The monoisotopic (exact) mass is 207 g/mol. The molecule has 0 bridgehead atoms. The summed E-state index contributed by atoms with van der Waals surface area (Å²) in [4.78, 5) is 4.09. The molecule has 1 aromatic carbocycles. The van der Waals surface area contributed by atoms with Crippen LogP contribution in [0.4, 0.5) is 4.39 Å². The van der Waals surface area contributed by atoms with E-state index < -0.39 is 0 Å². The van der Waals surface area contributed by atoms with Gasteiger partial charge in [-0.25, -0.2) is 9.37 Å². The van der Waals surface area contributed by atoms with Crippen molar-refractivity contribution in [3.8, 4) is 11.5 Å². The van der Waals surface area contributed by atoms with Crippen LogP contribution in [0.1, 0.15) is 11.5 Å². The van der Waals surface area contributed by atoms with E-state index in [0.29, 0.717) is 22.9 Å². The topological polar surface area (TPSA) is 46.3 Å². The van der Waals surface area contributed by atoms with Gasteiger partial charge >= 0.3 is 0 Å². The van der Waals surface area contributed by atoms with Crippen molar-refractivity contribution >= 4 is 0 Å². The summed E-state index contributed by atoms with van der Waals surface area (Å²) in [7, 11) is 0. The van der Waals surface area contributed by atoms with Crippen LogP contribution in [-0.4, -0.2) is 10.1 Å². The van der Waals surface area contributed by atoms with Crippen molar-refractivity contribution in [1.82, 2.24) is 4.98 Å². The number of rotatable bonds is 2. The van der Waals surface area contributed by atoms with Crippen molar-refractivity contribution in [2.45, 2.75) is 13.5 Å². The molecule has 0 unspecified atom stereocenters. The maximum absolute atomic E-state index is 12.7. The second-order valence-corrected chi connectivity index (χ2v) is 3.19. The highest BCUT2D eigenvalue weighted by Gasteiger charge is 2.10. The number of aromatic nitrogens is 1. The summed E-state index contributed by atoms with van der Waals surface area (Å²) in [5.74, 6) is 0.679. The van der Waals surface area contributed by atoms with Crippen LogP contribution in [0.2, 0.25) is 0 Å². The molecule has 0 radical (unpaired) electrons. The molecule has 4 heteroatoms. The van der Waals surface area contributed by atoms with Crippen molar-refractivity contribution in [3.05, 3.63) is 41.5 Å². The molecule has 0 aliphatic carbocycles. The highest BCUT2D eigenvalue weighted by Crippen LogP contribution is 2.21. The fraction of sp³-hybridized carbons (Fsp3) is 0.182. The second-order valence-electron chi connectivity index (χ2n) is 3.19. The van der Waals surface area contributed by atoms with Crippen molar-refractivity contribution in [2.75, 3.05) is 0 Å². The van der Waals surface area contributed by atoms with Gasteiger partial charge in [0.1, 0.15) is 17.3 Å². The molecule has 0 atom stereocenters. The predicted molar refractivity (Wildman–Crippen MR) is 52.6 cm³/mol. The van der Waals surface area contributed by atoms with Gasteiger partial charge in [0.2, 0.25) is 5.89 Å². The molecule has 3 nitrogen and oxygen atoms in total. The summed E-state index contributed by atoms with van der Waals surface area (Å²) in [5, 5.41) is 8.94. The quantitative estimate of drug-likeness (QED) is 0.821. The molecule has 1 aromatic heterocycles. The van der Waals surface area contributed by atoms with Gasteiger partial charge in [0, 0.05) is 5.56 Å². The highest BCUT2D eigenvalue weighted by molar-refractivity contribution is 5.53. The molecular weight excluding hydrogens is 197 g/mol. The molecular formula is C11H10FNO2. The average molecular weight is 207 g/mol. The third-order valence-corrected chi connectivity index (χ3v) is 2.13. The van der Waals surface area contributed by atoms with Gasteiger partial charge in [-0.05, 0) is 31.2 Å². The molecule has 0 spiro atoms. The van der Waals surface area contributed by atoms with Gasteiger partial charge in [-0.2, -0.15) is 0 Å². The van der Waals surface area contributed by atoms with E-state index in [9.17, 15) is 4.39 Å². The second kappa shape index (κ2) is 3.82. The number of nitrogens with zero attached hydrogens (tertiary/aromatic N) is 1. The van der Waals surface area contributed by atoms with Gasteiger partial charge in [-0.15, -0.1) is 0 Å². The van der Waals surface area contributed by atoms with Crippen molar-refractivity contribution in [1.29, 1.82) is 0 Å². The number of aliphatic hydroxyl groups is 1. The molecule has 0 aliphatic heterocycles. The fourth-order valence-electron chi connectivity index (χ4n) is 1.29. The molecule has 1 N–H and O–H groups in total. The number of hydrogen-bond acceptors (Lipinski definition) is 3. The van der Waals surface area contributed by atoms with E-state index in [0.717, 1.165) is 0 Å². The molecule has 2 aromatic rings. The van der Waals surface area contributed by atoms with Crippen LogP contribution in [0.3, 0.4) is 0 Å². The van der Waals surface area contributed by atoms with Crippen molar-refractivity contribution in [2.24, 2.45) is 0 Å². The van der Waals surface area contributed by atoms with E-state index in [1.165, 1.54) is 12.1 Å². The van der Waals surface area contributed by atoms with Gasteiger partial charge in [0.15, 0.2) is 0 Å². The maximum Gasteiger partial charge on any atom is 0.226 e. The Bertz CT molecular complexity index is 462. The summed E-state index contributed by atoms with van der Waals surface area (Å²) >= 11 is 0. The van der Waals surface area contributed by atoms with Crippen LogP contribution in [0, 0.1) is 12.7 Å². The van der Waals surface area contributed by atoms with Gasteiger partial charge in [0.05, 0.1) is 6.61 Å². The highest BCUT2D eigenvalue weighted by atomic mass is 19.1. The number of aliphatic hydroxyl groups excluding tert-OH is 1. The molecule has 0 saturated carbocycles. The minimum atomic E-state index is -0.301. The summed E-state index contributed by atoms with van der Waals surface area (Å²) in [6, 6.07) is 5.85. The minimum absolute atomic E-state index is 0.156. The molecule has 2 rings (SSSR count). The summed E-state index contributed by atoms with van der Waals surface area (Å²) in [5.41, 5.74) is 1.20. The summed E-state index contributed by atoms with van der Waals surface area (Å²) in [6.07, 6.45) is 0. The zero-order valence-electron chi connectivity index (χ0n) is 8.20. The number of halogens is 1. The normalized spacial score (nSPS) is 10.6. The SMILES string of the molecule is Cc1oc(-c2ccc(F)cc2)nc1CO. The number of aryl methyl sites for hydroxylation is 1. The Kier molecular flexibility index (Phi) is 2.51. The van der Waals surface area contributed by atoms with Gasteiger partial charge < -0.3 is 9.52 Å². The lowest BCUT2D eigenvalue weighted by molar-refractivity contribution is 0.275. The lowest BCUT2D eigenvalue weighted by Gasteiger charge is -1.93. The van der Waals surface area contributed by atoms with Crippen molar-refractivity contribution in [3.63, 3.8) is 0 Å². The fourth-order valence-corrected chi connectivity index (χ4v) is 1.29. The van der Waals surface area contributed by atoms with E-state index in [2.05, 4.69) is 4.98 Å². The Hall–Kier alpha value is -1.68. The number of hydrogen-bond donors (Lipinski definition) is 1. The Morgan fingerprint density at radius 2 is 2.00 bits per heavy atom. The molecule has 0 fully saturated rings. The Morgan fingerprint density at radius 1 is 1.33 bits per heavy atom. The first-order valence-corrected chi connectivity index (χ1v) is 4.54. The average Bonchev–Trinajstić information content (AvgIpc) is 2.61. The molecule has 1 heterocycles. The van der Waals surface area contributed by atoms with Crippen LogP contribution >= 0.6 is 0 Å². The number of benzene rings is 1. The molecule has 0 saturated heterocycles. The molecule has 15 heavy (non-hydrogen) atoms.